The molecule has 0 fully saturated rings. The molecular formula is C15H9BrN2O4S. The molecule has 0 saturated carbocycles. The van der Waals surface area contributed by atoms with Gasteiger partial charge in [-0.25, -0.2) is 9.79 Å². The maximum absolute atomic E-state index is 11.9. The molecule has 0 radical (unpaired) electrons. The topological polar surface area (TPSA) is 81.8 Å². The molecule has 8 heteroatoms. The molecule has 2 heterocycles. The minimum atomic E-state index is -0.576. The van der Waals surface area contributed by atoms with Crippen molar-refractivity contribution in [2.45, 2.75) is 6.92 Å². The average molecular weight is 393 g/mol. The summed E-state index contributed by atoms with van der Waals surface area (Å²) in [6.45, 7) is 1.64. The van der Waals surface area contributed by atoms with Crippen molar-refractivity contribution in [1.29, 1.82) is 0 Å². The summed E-state index contributed by atoms with van der Waals surface area (Å²) in [5.41, 5.74) is 1.05. The number of nitrogens with zero attached hydrogens (tertiary/aromatic N) is 2. The summed E-state index contributed by atoms with van der Waals surface area (Å²) in [4.78, 5) is 27.4. The largest absolute Gasteiger partial charge is 0.402 e. The highest BCUT2D eigenvalue weighted by molar-refractivity contribution is 9.11. The highest BCUT2D eigenvalue weighted by atomic mass is 79.9. The fourth-order valence-corrected chi connectivity index (χ4v) is 3.37. The molecule has 0 bridgehead atoms. The Balaban J connectivity index is 1.97. The van der Waals surface area contributed by atoms with Gasteiger partial charge in [-0.1, -0.05) is 6.07 Å². The standard InChI is InChI=1S/C15H9BrN2O4S/c1-8-2-3-9(6-12(8)18(20)21)14-17-11(15(19)22-14)7-10-4-5-13(16)23-10/h2-7H,1H3/b11-7-. The van der Waals surface area contributed by atoms with E-state index in [0.717, 1.165) is 8.66 Å². The monoisotopic (exact) mass is 392 g/mol. The van der Waals surface area contributed by atoms with Gasteiger partial charge in [0.2, 0.25) is 5.90 Å². The van der Waals surface area contributed by atoms with Crippen LogP contribution in [0.2, 0.25) is 0 Å². The minimum absolute atomic E-state index is 0.0409. The highest BCUT2D eigenvalue weighted by Gasteiger charge is 2.26. The summed E-state index contributed by atoms with van der Waals surface area (Å²) < 4.78 is 6.07. The van der Waals surface area contributed by atoms with Crippen molar-refractivity contribution < 1.29 is 14.5 Å². The maximum atomic E-state index is 11.9. The molecule has 0 unspecified atom stereocenters. The first-order valence-electron chi connectivity index (χ1n) is 6.47. The molecule has 0 N–H and O–H groups in total. The predicted molar refractivity (Wildman–Crippen MR) is 90.5 cm³/mol. The van der Waals surface area contributed by atoms with Crippen LogP contribution in [0.4, 0.5) is 5.69 Å². The molecule has 0 amide bonds. The number of aliphatic imine (C=N–C) groups is 1. The third kappa shape index (κ3) is 3.22. The van der Waals surface area contributed by atoms with Crippen molar-refractivity contribution in [3.8, 4) is 0 Å². The van der Waals surface area contributed by atoms with Crippen LogP contribution in [0.15, 0.2) is 44.8 Å². The zero-order valence-electron chi connectivity index (χ0n) is 11.8. The van der Waals surface area contributed by atoms with E-state index >= 15 is 0 Å². The third-order valence-electron chi connectivity index (χ3n) is 3.15. The van der Waals surface area contributed by atoms with Gasteiger partial charge in [-0.05, 0) is 47.1 Å². The molecule has 1 aromatic heterocycles. The van der Waals surface area contributed by atoms with Gasteiger partial charge in [0.25, 0.3) is 5.69 Å². The number of esters is 1. The number of ether oxygens (including phenoxy) is 1. The molecule has 0 spiro atoms. The molecule has 0 atom stereocenters. The van der Waals surface area contributed by atoms with Gasteiger partial charge >= 0.3 is 5.97 Å². The van der Waals surface area contributed by atoms with Gasteiger partial charge in [0.05, 0.1) is 8.71 Å². The molecule has 0 aliphatic carbocycles. The van der Waals surface area contributed by atoms with Gasteiger partial charge in [0.15, 0.2) is 5.70 Å². The van der Waals surface area contributed by atoms with E-state index in [1.54, 1.807) is 25.1 Å². The smallest absolute Gasteiger partial charge is 0.363 e. The lowest BCUT2D eigenvalue weighted by atomic mass is 10.1. The first-order valence-corrected chi connectivity index (χ1v) is 8.08. The van der Waals surface area contributed by atoms with Gasteiger partial charge < -0.3 is 4.74 Å². The van der Waals surface area contributed by atoms with Gasteiger partial charge in [-0.3, -0.25) is 10.1 Å². The second-order valence-corrected chi connectivity index (χ2v) is 7.23. The quantitative estimate of drug-likeness (QED) is 0.341. The van der Waals surface area contributed by atoms with E-state index in [1.165, 1.54) is 17.4 Å². The molecule has 1 aliphatic heterocycles. The number of thiophene rings is 1. The Hall–Kier alpha value is -2.32. The zero-order chi connectivity index (χ0) is 16.6. The Morgan fingerprint density at radius 1 is 1.35 bits per heavy atom. The van der Waals surface area contributed by atoms with Crippen molar-refractivity contribution >= 4 is 50.9 Å². The average Bonchev–Trinajstić information content (AvgIpc) is 3.06. The molecular weight excluding hydrogens is 384 g/mol. The first kappa shape index (κ1) is 15.6. The van der Waals surface area contributed by atoms with E-state index in [4.69, 9.17) is 4.74 Å². The SMILES string of the molecule is Cc1ccc(C2=N/C(=C\c3ccc(Br)s3)C(=O)O2)cc1[N+](=O)[O-]. The number of rotatable bonds is 3. The van der Waals surface area contributed by atoms with Crippen molar-refractivity contribution in [3.05, 3.63) is 65.9 Å². The molecule has 2 aromatic rings. The number of nitro groups is 1. The fraction of sp³-hybridized carbons (Fsp3) is 0.0667. The molecule has 3 rings (SSSR count). The molecule has 23 heavy (non-hydrogen) atoms. The second kappa shape index (κ2) is 6.05. The van der Waals surface area contributed by atoms with E-state index in [9.17, 15) is 14.9 Å². The number of benzene rings is 1. The number of hydrogen-bond donors (Lipinski definition) is 0. The number of nitro benzene ring substituents is 1. The molecule has 1 aromatic carbocycles. The molecule has 6 nitrogen and oxygen atoms in total. The molecule has 116 valence electrons. The minimum Gasteiger partial charge on any atom is -0.402 e. The molecule has 1 aliphatic rings. The molecule has 0 saturated heterocycles. The predicted octanol–water partition coefficient (Wildman–Crippen LogP) is 4.07. The normalized spacial score (nSPS) is 15.7. The number of cyclic esters (lactones) is 1. The number of carbonyl (C=O) groups excluding carboxylic acids is 1. The van der Waals surface area contributed by atoms with Crippen LogP contribution in [0.1, 0.15) is 16.0 Å². The van der Waals surface area contributed by atoms with Crippen molar-refractivity contribution in [1.82, 2.24) is 0 Å². The summed E-state index contributed by atoms with van der Waals surface area (Å²) in [7, 11) is 0. The lowest BCUT2D eigenvalue weighted by molar-refractivity contribution is -0.385. The Kier molecular flexibility index (Phi) is 4.10. The van der Waals surface area contributed by atoms with Crippen molar-refractivity contribution in [2.75, 3.05) is 0 Å². The zero-order valence-corrected chi connectivity index (χ0v) is 14.2. The summed E-state index contributed by atoms with van der Waals surface area (Å²) in [6.07, 6.45) is 1.62. The number of carbonyl (C=O) groups is 1. The maximum Gasteiger partial charge on any atom is 0.363 e. The summed E-state index contributed by atoms with van der Waals surface area (Å²) in [5.74, 6) is -0.507. The van der Waals surface area contributed by atoms with Gasteiger partial charge in [-0.2, -0.15) is 0 Å². The fourth-order valence-electron chi connectivity index (χ4n) is 2.01. The van der Waals surface area contributed by atoms with Crippen LogP contribution in [-0.2, 0) is 9.53 Å². The van der Waals surface area contributed by atoms with Gasteiger partial charge in [0.1, 0.15) is 0 Å². The van der Waals surface area contributed by atoms with Crippen molar-refractivity contribution in [3.63, 3.8) is 0 Å². The Labute approximate surface area is 143 Å². The van der Waals surface area contributed by atoms with Crippen LogP contribution in [0, 0.1) is 17.0 Å². The van der Waals surface area contributed by atoms with Crippen molar-refractivity contribution in [2.24, 2.45) is 4.99 Å². The summed E-state index contributed by atoms with van der Waals surface area (Å²) in [5, 5.41) is 11.0. The van der Waals surface area contributed by atoms with E-state index < -0.39 is 10.9 Å². The Morgan fingerprint density at radius 2 is 2.13 bits per heavy atom. The lowest BCUT2D eigenvalue weighted by Gasteiger charge is -2.01. The van der Waals surface area contributed by atoms with E-state index in [2.05, 4.69) is 20.9 Å². The van der Waals surface area contributed by atoms with Crippen LogP contribution >= 0.6 is 27.3 Å². The van der Waals surface area contributed by atoms with Crippen LogP contribution in [0.3, 0.4) is 0 Å². The Morgan fingerprint density at radius 3 is 2.78 bits per heavy atom. The van der Waals surface area contributed by atoms with Gasteiger partial charge in [-0.15, -0.1) is 11.3 Å². The highest BCUT2D eigenvalue weighted by Crippen LogP contribution is 2.27. The second-order valence-electron chi connectivity index (χ2n) is 4.74. The third-order valence-corrected chi connectivity index (χ3v) is 4.72. The summed E-state index contributed by atoms with van der Waals surface area (Å²) in [6, 6.07) is 8.30. The number of halogens is 1. The van der Waals surface area contributed by atoms with Crippen LogP contribution < -0.4 is 0 Å². The van der Waals surface area contributed by atoms with E-state index in [-0.39, 0.29) is 17.3 Å². The van der Waals surface area contributed by atoms with E-state index in [1.807, 2.05) is 12.1 Å². The number of aryl methyl sites for hydroxylation is 1. The number of hydrogen-bond acceptors (Lipinski definition) is 6. The van der Waals surface area contributed by atoms with Gasteiger partial charge in [0, 0.05) is 22.1 Å². The van der Waals surface area contributed by atoms with Crippen LogP contribution in [-0.4, -0.2) is 16.8 Å². The Bertz CT molecular complexity index is 885. The lowest BCUT2D eigenvalue weighted by Crippen LogP contribution is -2.06. The van der Waals surface area contributed by atoms with E-state index in [0.29, 0.717) is 11.1 Å². The van der Waals surface area contributed by atoms with Crippen LogP contribution in [0.5, 0.6) is 0 Å². The first-order chi connectivity index (χ1) is 10.9. The van der Waals surface area contributed by atoms with Crippen LogP contribution in [0.25, 0.3) is 6.08 Å². The summed E-state index contributed by atoms with van der Waals surface area (Å²) >= 11 is 4.80.